The molecule has 156 valence electrons. The minimum Gasteiger partial charge on any atom is -0.496 e. The third-order valence-corrected chi connectivity index (χ3v) is 5.01. The number of pyridine rings is 1. The lowest BCUT2D eigenvalue weighted by atomic mass is 10.1. The molecule has 0 aliphatic heterocycles. The van der Waals surface area contributed by atoms with Gasteiger partial charge in [0, 0.05) is 11.8 Å². The van der Waals surface area contributed by atoms with Crippen LogP contribution in [0.25, 0.3) is 6.08 Å². The molecule has 0 radical (unpaired) electrons. The van der Waals surface area contributed by atoms with Gasteiger partial charge in [0.1, 0.15) is 29.7 Å². The molecule has 31 heavy (non-hydrogen) atoms. The molecule has 1 aromatic heterocycles. The van der Waals surface area contributed by atoms with Crippen LogP contribution in [0.2, 0.25) is 0 Å². The molecule has 0 spiro atoms. The maximum Gasteiger partial charge on any atom is 0.262 e. The minimum absolute atomic E-state index is 0.00114. The van der Waals surface area contributed by atoms with E-state index in [9.17, 15) is 10.1 Å². The van der Waals surface area contributed by atoms with Crippen LogP contribution in [-0.4, -0.2) is 18.0 Å². The Morgan fingerprint density at radius 1 is 1.16 bits per heavy atom. The number of ether oxygens (including phenoxy) is 2. The van der Waals surface area contributed by atoms with E-state index in [2.05, 4.69) is 26.2 Å². The molecule has 0 saturated heterocycles. The lowest BCUT2D eigenvalue weighted by Crippen LogP contribution is -2.24. The van der Waals surface area contributed by atoms with Crippen molar-refractivity contribution in [2.24, 2.45) is 0 Å². The number of hydrogen-bond acceptors (Lipinski definition) is 5. The van der Waals surface area contributed by atoms with Crippen molar-refractivity contribution < 1.29 is 14.3 Å². The van der Waals surface area contributed by atoms with Crippen LogP contribution >= 0.6 is 15.9 Å². The fraction of sp³-hybridized carbons (Fsp3) is 0.125. The number of carbonyl (C=O) groups is 1. The minimum atomic E-state index is -0.463. The lowest BCUT2D eigenvalue weighted by molar-refractivity contribution is -0.117. The standard InChI is InChI=1S/C24H20BrN3O3/c1-30-22-10-9-17(13-19(22)16-31-23-8-3-2-7-21(23)25)12-18(14-26)24(29)28-15-20-6-4-5-11-27-20/h2-13H,15-16H2,1H3,(H,28,29). The average Bonchev–Trinajstić information content (AvgIpc) is 2.81. The highest BCUT2D eigenvalue weighted by Gasteiger charge is 2.11. The van der Waals surface area contributed by atoms with Crippen LogP contribution in [-0.2, 0) is 17.9 Å². The van der Waals surface area contributed by atoms with E-state index in [0.717, 1.165) is 10.0 Å². The molecule has 2 aromatic carbocycles. The third-order valence-electron chi connectivity index (χ3n) is 4.36. The molecular weight excluding hydrogens is 458 g/mol. The highest BCUT2D eigenvalue weighted by Crippen LogP contribution is 2.27. The summed E-state index contributed by atoms with van der Waals surface area (Å²) in [6.07, 6.45) is 3.19. The number of nitrogens with zero attached hydrogens (tertiary/aromatic N) is 2. The van der Waals surface area contributed by atoms with Crippen molar-refractivity contribution in [1.29, 1.82) is 5.26 Å². The number of aromatic nitrogens is 1. The van der Waals surface area contributed by atoms with Crippen LogP contribution in [0.5, 0.6) is 11.5 Å². The summed E-state index contributed by atoms with van der Waals surface area (Å²) in [7, 11) is 1.58. The third kappa shape index (κ3) is 6.17. The van der Waals surface area contributed by atoms with Crippen molar-refractivity contribution in [2.75, 3.05) is 7.11 Å². The summed E-state index contributed by atoms with van der Waals surface area (Å²) in [5.41, 5.74) is 2.19. The molecule has 0 aliphatic carbocycles. The van der Waals surface area contributed by atoms with E-state index >= 15 is 0 Å². The normalized spacial score (nSPS) is 10.8. The van der Waals surface area contributed by atoms with Gasteiger partial charge in [0.2, 0.25) is 0 Å². The topological polar surface area (TPSA) is 84.2 Å². The maximum atomic E-state index is 12.4. The van der Waals surface area contributed by atoms with E-state index in [-0.39, 0.29) is 18.7 Å². The van der Waals surface area contributed by atoms with Crippen molar-refractivity contribution >= 4 is 27.9 Å². The van der Waals surface area contributed by atoms with Gasteiger partial charge in [0.15, 0.2) is 0 Å². The van der Waals surface area contributed by atoms with Gasteiger partial charge < -0.3 is 14.8 Å². The van der Waals surface area contributed by atoms with E-state index in [4.69, 9.17) is 9.47 Å². The Kier molecular flexibility index (Phi) is 7.79. The van der Waals surface area contributed by atoms with Gasteiger partial charge in [-0.1, -0.05) is 24.3 Å². The first-order valence-electron chi connectivity index (χ1n) is 9.45. The lowest BCUT2D eigenvalue weighted by Gasteiger charge is -2.12. The monoisotopic (exact) mass is 477 g/mol. The fourth-order valence-corrected chi connectivity index (χ4v) is 3.20. The molecule has 0 saturated carbocycles. The van der Waals surface area contributed by atoms with Crippen LogP contribution in [0.4, 0.5) is 0 Å². The Hall–Kier alpha value is -3.63. The molecule has 3 aromatic rings. The van der Waals surface area contributed by atoms with E-state index in [1.54, 1.807) is 37.6 Å². The van der Waals surface area contributed by atoms with Crippen molar-refractivity contribution in [1.82, 2.24) is 10.3 Å². The molecule has 3 rings (SSSR count). The number of nitrogens with one attached hydrogen (secondary N) is 1. The summed E-state index contributed by atoms with van der Waals surface area (Å²) >= 11 is 3.46. The zero-order valence-corrected chi connectivity index (χ0v) is 18.4. The molecule has 1 amide bonds. The number of nitriles is 1. The molecule has 0 aliphatic rings. The number of amides is 1. The summed E-state index contributed by atoms with van der Waals surface area (Å²) in [5, 5.41) is 12.2. The Morgan fingerprint density at radius 2 is 1.97 bits per heavy atom. The number of para-hydroxylation sites is 1. The van der Waals surface area contributed by atoms with Gasteiger partial charge in [-0.2, -0.15) is 5.26 Å². The number of carbonyl (C=O) groups excluding carboxylic acids is 1. The summed E-state index contributed by atoms with van der Waals surface area (Å²) in [5.74, 6) is 0.898. The molecule has 1 N–H and O–H groups in total. The molecule has 0 bridgehead atoms. The first kappa shape index (κ1) is 22.1. The van der Waals surface area contributed by atoms with E-state index < -0.39 is 5.91 Å². The Bertz CT molecular complexity index is 1120. The summed E-state index contributed by atoms with van der Waals surface area (Å²) in [6.45, 7) is 0.508. The molecule has 1 heterocycles. The van der Waals surface area contributed by atoms with Gasteiger partial charge in [-0.25, -0.2) is 0 Å². The second-order valence-corrected chi connectivity index (χ2v) is 7.32. The van der Waals surface area contributed by atoms with Gasteiger partial charge in [0.25, 0.3) is 5.91 Å². The Labute approximate surface area is 189 Å². The van der Waals surface area contributed by atoms with Gasteiger partial charge in [-0.05, 0) is 64.0 Å². The molecule has 0 atom stereocenters. The first-order chi connectivity index (χ1) is 15.1. The first-order valence-corrected chi connectivity index (χ1v) is 10.2. The van der Waals surface area contributed by atoms with Crippen LogP contribution in [0.1, 0.15) is 16.8 Å². The van der Waals surface area contributed by atoms with Gasteiger partial charge >= 0.3 is 0 Å². The molecule has 7 heteroatoms. The SMILES string of the molecule is COc1ccc(C=C(C#N)C(=O)NCc2ccccn2)cc1COc1ccccc1Br. The van der Waals surface area contributed by atoms with E-state index in [1.165, 1.54) is 6.08 Å². The second-order valence-electron chi connectivity index (χ2n) is 6.46. The second kappa shape index (κ2) is 11.0. The molecular formula is C24H20BrN3O3. The van der Waals surface area contributed by atoms with Crippen LogP contribution in [0, 0.1) is 11.3 Å². The molecule has 6 nitrogen and oxygen atoms in total. The van der Waals surface area contributed by atoms with Crippen molar-refractivity contribution in [3.05, 3.63) is 93.7 Å². The number of hydrogen-bond donors (Lipinski definition) is 1. The van der Waals surface area contributed by atoms with E-state index in [0.29, 0.717) is 22.8 Å². The van der Waals surface area contributed by atoms with Crippen LogP contribution < -0.4 is 14.8 Å². The molecule has 0 unspecified atom stereocenters. The summed E-state index contributed by atoms with van der Waals surface area (Å²) < 4.78 is 12.2. The Balaban J connectivity index is 1.75. The largest absolute Gasteiger partial charge is 0.496 e. The predicted molar refractivity (Wildman–Crippen MR) is 121 cm³/mol. The Morgan fingerprint density at radius 3 is 2.68 bits per heavy atom. The van der Waals surface area contributed by atoms with E-state index in [1.807, 2.05) is 42.5 Å². The zero-order chi connectivity index (χ0) is 22.1. The van der Waals surface area contributed by atoms with Crippen molar-refractivity contribution in [2.45, 2.75) is 13.2 Å². The quantitative estimate of drug-likeness (QED) is 0.376. The number of methoxy groups -OCH3 is 1. The average molecular weight is 478 g/mol. The summed E-state index contributed by atoms with van der Waals surface area (Å²) in [6, 6.07) is 20.4. The zero-order valence-electron chi connectivity index (χ0n) is 16.8. The van der Waals surface area contributed by atoms with Crippen LogP contribution in [0.3, 0.4) is 0 Å². The smallest absolute Gasteiger partial charge is 0.262 e. The van der Waals surface area contributed by atoms with Gasteiger partial charge in [0.05, 0.1) is 23.8 Å². The maximum absolute atomic E-state index is 12.4. The highest BCUT2D eigenvalue weighted by atomic mass is 79.9. The number of rotatable bonds is 8. The summed E-state index contributed by atoms with van der Waals surface area (Å²) in [4.78, 5) is 16.6. The molecule has 0 fully saturated rings. The van der Waals surface area contributed by atoms with Gasteiger partial charge in [-0.3, -0.25) is 9.78 Å². The predicted octanol–water partition coefficient (Wildman–Crippen LogP) is 4.66. The number of benzene rings is 2. The van der Waals surface area contributed by atoms with Crippen molar-refractivity contribution in [3.8, 4) is 17.6 Å². The highest BCUT2D eigenvalue weighted by molar-refractivity contribution is 9.10. The number of halogens is 1. The fourth-order valence-electron chi connectivity index (χ4n) is 2.80. The van der Waals surface area contributed by atoms with Gasteiger partial charge in [-0.15, -0.1) is 0 Å². The van der Waals surface area contributed by atoms with Crippen molar-refractivity contribution in [3.63, 3.8) is 0 Å². The van der Waals surface area contributed by atoms with Crippen LogP contribution in [0.15, 0.2) is 76.9 Å².